The first-order valence-corrected chi connectivity index (χ1v) is 10.0. The molecule has 0 saturated carbocycles. The highest BCUT2D eigenvalue weighted by molar-refractivity contribution is 7.91. The maximum Gasteiger partial charge on any atom is 0.242 e. The van der Waals surface area contributed by atoms with Crippen LogP contribution in [0.3, 0.4) is 0 Å². The Morgan fingerprint density at radius 3 is 2.52 bits per heavy atom. The molecule has 1 heterocycles. The fraction of sp³-hybridized carbons (Fsp3) is 0.529. The molecule has 8 heteroatoms. The van der Waals surface area contributed by atoms with Crippen molar-refractivity contribution in [3.05, 3.63) is 24.3 Å². The molecule has 1 aromatic carbocycles. The molecule has 0 N–H and O–H groups in total. The Morgan fingerprint density at radius 1 is 1.28 bits per heavy atom. The number of nitrogens with zero attached hydrogens (tertiary/aromatic N) is 2. The number of sulfone groups is 1. The van der Waals surface area contributed by atoms with Crippen LogP contribution in [0.5, 0.6) is 5.75 Å². The predicted octanol–water partition coefficient (Wildman–Crippen LogP) is 1.08. The van der Waals surface area contributed by atoms with Gasteiger partial charge in [0, 0.05) is 20.0 Å². The van der Waals surface area contributed by atoms with Crippen LogP contribution < -0.4 is 9.64 Å². The average molecular weight is 368 g/mol. The summed E-state index contributed by atoms with van der Waals surface area (Å²) in [4.78, 5) is 27.5. The maximum atomic E-state index is 12.6. The molecule has 1 atom stereocenters. The van der Waals surface area contributed by atoms with E-state index in [9.17, 15) is 18.0 Å². The normalized spacial score (nSPS) is 18.6. The number of benzene rings is 1. The highest BCUT2D eigenvalue weighted by Crippen LogP contribution is 2.28. The molecule has 0 radical (unpaired) electrons. The lowest BCUT2D eigenvalue weighted by Gasteiger charge is -2.28. The summed E-state index contributed by atoms with van der Waals surface area (Å²) in [7, 11) is -1.50. The Morgan fingerprint density at radius 2 is 1.96 bits per heavy atom. The van der Waals surface area contributed by atoms with E-state index in [-0.39, 0.29) is 35.9 Å². The van der Waals surface area contributed by atoms with Gasteiger partial charge in [-0.25, -0.2) is 8.42 Å². The van der Waals surface area contributed by atoms with Crippen LogP contribution in [0.15, 0.2) is 24.3 Å². The van der Waals surface area contributed by atoms with Gasteiger partial charge in [-0.2, -0.15) is 0 Å². The van der Waals surface area contributed by atoms with Crippen LogP contribution in [0.25, 0.3) is 0 Å². The Balaban J connectivity index is 2.17. The molecule has 0 bridgehead atoms. The summed E-state index contributed by atoms with van der Waals surface area (Å²) in [5.41, 5.74) is 0.526. The van der Waals surface area contributed by atoms with Crippen molar-refractivity contribution in [1.29, 1.82) is 0 Å². The Hall–Kier alpha value is -2.09. The van der Waals surface area contributed by atoms with Crippen molar-refractivity contribution in [2.45, 2.75) is 26.3 Å². The van der Waals surface area contributed by atoms with E-state index in [1.807, 2.05) is 6.92 Å². The number of carbonyl (C=O) groups is 2. The highest BCUT2D eigenvalue weighted by Gasteiger charge is 2.33. The summed E-state index contributed by atoms with van der Waals surface area (Å²) in [6.07, 6.45) is 0.431. The van der Waals surface area contributed by atoms with Crippen LogP contribution >= 0.6 is 0 Å². The number of amides is 2. The summed E-state index contributed by atoms with van der Waals surface area (Å²) >= 11 is 0. The monoisotopic (exact) mass is 368 g/mol. The molecule has 1 unspecified atom stereocenters. The molecule has 1 aliphatic heterocycles. The third-order valence-electron chi connectivity index (χ3n) is 4.28. The van der Waals surface area contributed by atoms with Crippen LogP contribution in [0, 0.1) is 0 Å². The second kappa shape index (κ2) is 7.86. The standard InChI is InChI=1S/C17H24N2O5S/c1-4-24-16-8-6-5-7-15(16)19(13(2)20)11-17(21)18(3)14-9-10-25(22,23)12-14/h5-8,14H,4,9-12H2,1-3H3. The average Bonchev–Trinajstić information content (AvgIpc) is 2.92. The van der Waals surface area contributed by atoms with Crippen molar-refractivity contribution in [2.24, 2.45) is 0 Å². The minimum absolute atomic E-state index is 0.0230. The smallest absolute Gasteiger partial charge is 0.242 e. The molecular formula is C17H24N2O5S. The minimum atomic E-state index is -3.08. The number of ether oxygens (including phenoxy) is 1. The largest absolute Gasteiger partial charge is 0.492 e. The van der Waals surface area contributed by atoms with Gasteiger partial charge in [0.05, 0.1) is 23.8 Å². The van der Waals surface area contributed by atoms with Gasteiger partial charge in [0.15, 0.2) is 9.84 Å². The van der Waals surface area contributed by atoms with Crippen molar-refractivity contribution >= 4 is 27.3 Å². The van der Waals surface area contributed by atoms with Gasteiger partial charge >= 0.3 is 0 Å². The van der Waals surface area contributed by atoms with E-state index in [0.717, 1.165) is 0 Å². The predicted molar refractivity (Wildman–Crippen MR) is 95.5 cm³/mol. The quantitative estimate of drug-likeness (QED) is 0.750. The molecule has 0 aliphatic carbocycles. The van der Waals surface area contributed by atoms with Gasteiger partial charge in [0.1, 0.15) is 12.3 Å². The molecule has 1 fully saturated rings. The van der Waals surface area contributed by atoms with E-state index >= 15 is 0 Å². The summed E-state index contributed by atoms with van der Waals surface area (Å²) < 4.78 is 28.8. The van der Waals surface area contributed by atoms with Gasteiger partial charge in [0.25, 0.3) is 0 Å². The Bertz CT molecular complexity index is 747. The first-order valence-electron chi connectivity index (χ1n) is 8.21. The zero-order valence-corrected chi connectivity index (χ0v) is 15.6. The summed E-state index contributed by atoms with van der Waals surface area (Å²) in [5.74, 6) is 0.0136. The molecule has 0 spiro atoms. The molecule has 2 amide bonds. The molecule has 1 saturated heterocycles. The molecule has 2 rings (SSSR count). The van der Waals surface area contributed by atoms with E-state index in [1.165, 1.54) is 16.7 Å². The van der Waals surface area contributed by atoms with E-state index in [1.54, 1.807) is 31.3 Å². The van der Waals surface area contributed by atoms with Gasteiger partial charge in [-0.05, 0) is 25.5 Å². The van der Waals surface area contributed by atoms with Gasteiger partial charge in [-0.1, -0.05) is 12.1 Å². The number of likely N-dealkylation sites (N-methyl/N-ethyl adjacent to an activating group) is 1. The fourth-order valence-corrected chi connectivity index (χ4v) is 4.63. The topological polar surface area (TPSA) is 84.0 Å². The third-order valence-corrected chi connectivity index (χ3v) is 6.03. The van der Waals surface area contributed by atoms with Gasteiger partial charge in [-0.3, -0.25) is 14.5 Å². The fourth-order valence-electron chi connectivity index (χ4n) is 2.86. The second-order valence-electron chi connectivity index (χ2n) is 6.07. The number of hydrogen-bond donors (Lipinski definition) is 0. The van der Waals surface area contributed by atoms with Crippen molar-refractivity contribution in [3.63, 3.8) is 0 Å². The van der Waals surface area contributed by atoms with Gasteiger partial charge in [-0.15, -0.1) is 0 Å². The highest BCUT2D eigenvalue weighted by atomic mass is 32.2. The summed E-state index contributed by atoms with van der Waals surface area (Å²) in [5, 5.41) is 0. The first kappa shape index (κ1) is 19.2. The molecule has 0 aromatic heterocycles. The lowest BCUT2D eigenvalue weighted by Crippen LogP contribution is -2.45. The van der Waals surface area contributed by atoms with E-state index in [4.69, 9.17) is 4.74 Å². The lowest BCUT2D eigenvalue weighted by atomic mass is 10.2. The van der Waals surface area contributed by atoms with E-state index in [2.05, 4.69) is 0 Å². The third kappa shape index (κ3) is 4.72. The number of para-hydroxylation sites is 2. The number of rotatable bonds is 6. The Labute approximate surface area is 148 Å². The number of hydrogen-bond acceptors (Lipinski definition) is 5. The second-order valence-corrected chi connectivity index (χ2v) is 8.30. The van der Waals surface area contributed by atoms with Crippen LogP contribution in [-0.4, -0.2) is 62.9 Å². The zero-order valence-electron chi connectivity index (χ0n) is 14.8. The van der Waals surface area contributed by atoms with Crippen LogP contribution in [0.1, 0.15) is 20.3 Å². The van der Waals surface area contributed by atoms with Crippen LogP contribution in [0.2, 0.25) is 0 Å². The summed E-state index contributed by atoms with van der Waals surface area (Å²) in [6, 6.07) is 6.69. The van der Waals surface area contributed by atoms with Crippen LogP contribution in [0.4, 0.5) is 5.69 Å². The molecule has 138 valence electrons. The first-order chi connectivity index (χ1) is 11.7. The molecule has 7 nitrogen and oxygen atoms in total. The lowest BCUT2D eigenvalue weighted by molar-refractivity contribution is -0.131. The Kier molecular flexibility index (Phi) is 6.05. The molecule has 1 aromatic rings. The van der Waals surface area contributed by atoms with Crippen molar-refractivity contribution in [3.8, 4) is 5.75 Å². The van der Waals surface area contributed by atoms with Crippen LogP contribution in [-0.2, 0) is 19.4 Å². The summed E-state index contributed by atoms with van der Waals surface area (Å²) in [6.45, 7) is 3.51. The molecular weight excluding hydrogens is 344 g/mol. The minimum Gasteiger partial charge on any atom is -0.492 e. The number of anilines is 1. The SMILES string of the molecule is CCOc1ccccc1N(CC(=O)N(C)C1CCS(=O)(=O)C1)C(C)=O. The van der Waals surface area contributed by atoms with Crippen molar-refractivity contribution in [2.75, 3.05) is 36.6 Å². The van der Waals surface area contributed by atoms with Crippen molar-refractivity contribution in [1.82, 2.24) is 4.90 Å². The van der Waals surface area contributed by atoms with Crippen molar-refractivity contribution < 1.29 is 22.7 Å². The van der Waals surface area contributed by atoms with E-state index < -0.39 is 9.84 Å². The zero-order chi connectivity index (χ0) is 18.6. The number of carbonyl (C=O) groups excluding carboxylic acids is 2. The molecule has 1 aliphatic rings. The molecule has 25 heavy (non-hydrogen) atoms. The van der Waals surface area contributed by atoms with Gasteiger partial charge < -0.3 is 9.64 Å². The van der Waals surface area contributed by atoms with E-state index in [0.29, 0.717) is 24.5 Å². The van der Waals surface area contributed by atoms with Gasteiger partial charge in [0.2, 0.25) is 11.8 Å². The maximum absolute atomic E-state index is 12.6.